The summed E-state index contributed by atoms with van der Waals surface area (Å²) < 4.78 is 0. The third-order valence-electron chi connectivity index (χ3n) is 3.46. The molecule has 0 fully saturated rings. The van der Waals surface area contributed by atoms with Gasteiger partial charge in [-0.2, -0.15) is 5.10 Å². The van der Waals surface area contributed by atoms with E-state index in [9.17, 15) is 9.59 Å². The summed E-state index contributed by atoms with van der Waals surface area (Å²) in [6.45, 7) is 5.72. The van der Waals surface area contributed by atoms with E-state index in [2.05, 4.69) is 5.10 Å². The van der Waals surface area contributed by atoms with Crippen LogP contribution < -0.4 is 0 Å². The monoisotopic (exact) mass is 258 g/mol. The summed E-state index contributed by atoms with van der Waals surface area (Å²) in [4.78, 5) is 24.2. The van der Waals surface area contributed by atoms with Gasteiger partial charge in [-0.1, -0.05) is 13.8 Å². The number of hydrazone groups is 1. The highest BCUT2D eigenvalue weighted by molar-refractivity contribution is 6.25. The Morgan fingerprint density at radius 1 is 1.11 bits per heavy atom. The molecule has 0 radical (unpaired) electrons. The van der Waals surface area contributed by atoms with E-state index in [1.165, 1.54) is 5.01 Å². The third-order valence-corrected chi connectivity index (χ3v) is 3.46. The first-order valence-corrected chi connectivity index (χ1v) is 6.53. The Morgan fingerprint density at radius 2 is 1.63 bits per heavy atom. The Kier molecular flexibility index (Phi) is 3.51. The van der Waals surface area contributed by atoms with Crippen LogP contribution in [0, 0.1) is 0 Å². The largest absolute Gasteiger partial charge is 0.289 e. The van der Waals surface area contributed by atoms with E-state index in [0.717, 1.165) is 16.7 Å². The van der Waals surface area contributed by atoms with Crippen molar-refractivity contribution in [2.75, 3.05) is 7.05 Å². The molecular weight excluding hydrogens is 240 g/mol. The minimum absolute atomic E-state index is 0.0998. The van der Waals surface area contributed by atoms with E-state index in [1.54, 1.807) is 7.05 Å². The molecule has 19 heavy (non-hydrogen) atoms. The summed E-state index contributed by atoms with van der Waals surface area (Å²) in [5, 5.41) is 5.49. The van der Waals surface area contributed by atoms with Gasteiger partial charge in [0.15, 0.2) is 5.78 Å². The molecular formula is C15H18N2O2. The van der Waals surface area contributed by atoms with E-state index in [4.69, 9.17) is 0 Å². The average Bonchev–Trinajstić information content (AvgIpc) is 2.64. The summed E-state index contributed by atoms with van der Waals surface area (Å²) in [5.41, 5.74) is 3.64. The number of ketones is 1. The molecule has 1 heterocycles. The van der Waals surface area contributed by atoms with Gasteiger partial charge in [-0.05, 0) is 37.5 Å². The van der Waals surface area contributed by atoms with Crippen LogP contribution in [0.1, 0.15) is 33.6 Å². The van der Waals surface area contributed by atoms with E-state index in [1.807, 2.05) is 32.9 Å². The fourth-order valence-corrected chi connectivity index (χ4v) is 2.39. The number of hydrogen-bond acceptors (Lipinski definition) is 3. The highest BCUT2D eigenvalue weighted by atomic mass is 16.2. The van der Waals surface area contributed by atoms with Gasteiger partial charge in [0, 0.05) is 18.2 Å². The van der Waals surface area contributed by atoms with Crippen LogP contribution in [-0.4, -0.2) is 29.5 Å². The predicted octanol–water partition coefficient (Wildman–Crippen LogP) is 2.39. The number of amides is 1. The Labute approximate surface area is 113 Å². The van der Waals surface area contributed by atoms with Gasteiger partial charge in [0.05, 0.1) is 11.3 Å². The van der Waals surface area contributed by atoms with Gasteiger partial charge < -0.3 is 0 Å². The van der Waals surface area contributed by atoms with Crippen LogP contribution in [0.25, 0.3) is 0 Å². The number of rotatable bonds is 2. The second kappa shape index (κ2) is 4.96. The lowest BCUT2D eigenvalue weighted by atomic mass is 9.88. The molecule has 1 amide bonds. The van der Waals surface area contributed by atoms with Crippen LogP contribution in [0.4, 0.5) is 0 Å². The van der Waals surface area contributed by atoms with Crippen LogP contribution in [0.2, 0.25) is 0 Å². The standard InChI is InChI=1S/C15H18N2O2/c1-5-10-7-12(8-11(6-2)14(10)18)13-9(3)16-17(4)15(13)19/h7-8H,5-6H2,1-4H3. The fraction of sp³-hybridized carbons (Fsp3) is 0.400. The first-order chi connectivity index (χ1) is 8.99. The lowest BCUT2D eigenvalue weighted by molar-refractivity contribution is -0.124. The maximum absolute atomic E-state index is 12.1. The lowest BCUT2D eigenvalue weighted by Crippen LogP contribution is -2.19. The maximum Gasteiger partial charge on any atom is 0.276 e. The number of Topliss-reactive ketones (excluding diaryl/α,β-unsaturated/α-hetero) is 1. The van der Waals surface area contributed by atoms with Crippen molar-refractivity contribution in [3.05, 3.63) is 34.4 Å². The van der Waals surface area contributed by atoms with Gasteiger partial charge >= 0.3 is 0 Å². The van der Waals surface area contributed by atoms with Crippen molar-refractivity contribution in [2.45, 2.75) is 33.6 Å². The number of carbonyl (C=O) groups excluding carboxylic acids is 2. The van der Waals surface area contributed by atoms with Crippen LogP contribution in [0.3, 0.4) is 0 Å². The molecule has 0 aromatic rings. The van der Waals surface area contributed by atoms with Crippen molar-refractivity contribution in [1.29, 1.82) is 0 Å². The maximum atomic E-state index is 12.1. The molecule has 1 aliphatic heterocycles. The quantitative estimate of drug-likeness (QED) is 0.714. The van der Waals surface area contributed by atoms with Crippen LogP contribution in [-0.2, 0) is 9.59 Å². The summed E-state index contributed by atoms with van der Waals surface area (Å²) in [6.07, 6.45) is 5.00. The van der Waals surface area contributed by atoms with Gasteiger partial charge in [-0.15, -0.1) is 0 Å². The zero-order chi connectivity index (χ0) is 14.2. The molecule has 4 nitrogen and oxygen atoms in total. The van der Waals surface area contributed by atoms with Crippen molar-refractivity contribution in [3.8, 4) is 0 Å². The summed E-state index contributed by atoms with van der Waals surface area (Å²) in [5.74, 6) is -0.0111. The topological polar surface area (TPSA) is 49.7 Å². The molecule has 0 saturated carbocycles. The molecule has 100 valence electrons. The van der Waals surface area contributed by atoms with Gasteiger partial charge in [0.1, 0.15) is 0 Å². The van der Waals surface area contributed by atoms with Gasteiger partial charge in [0.2, 0.25) is 0 Å². The first-order valence-electron chi connectivity index (χ1n) is 6.53. The molecule has 0 aromatic heterocycles. The molecule has 0 spiro atoms. The van der Waals surface area contributed by atoms with Crippen molar-refractivity contribution in [2.24, 2.45) is 5.10 Å². The lowest BCUT2D eigenvalue weighted by Gasteiger charge is -2.15. The van der Waals surface area contributed by atoms with Crippen LogP contribution in [0.15, 0.2) is 39.5 Å². The number of nitrogens with zero attached hydrogens (tertiary/aromatic N) is 2. The minimum atomic E-state index is -0.111. The minimum Gasteiger partial charge on any atom is -0.289 e. The van der Waals surface area contributed by atoms with Crippen molar-refractivity contribution < 1.29 is 9.59 Å². The SMILES string of the molecule is CCC1=CC(=C2C(=O)N(C)N=C2C)C=C(CC)C1=O. The van der Waals surface area contributed by atoms with Crippen molar-refractivity contribution in [1.82, 2.24) is 5.01 Å². The first kappa shape index (κ1) is 13.5. The highest BCUT2D eigenvalue weighted by Gasteiger charge is 2.29. The molecule has 0 saturated heterocycles. The number of likely N-dealkylation sites (N-methyl/N-ethyl adjacent to an activating group) is 1. The molecule has 2 aliphatic rings. The number of hydrogen-bond donors (Lipinski definition) is 0. The van der Waals surface area contributed by atoms with E-state index < -0.39 is 0 Å². The van der Waals surface area contributed by atoms with E-state index in [-0.39, 0.29) is 11.7 Å². The van der Waals surface area contributed by atoms with Crippen molar-refractivity contribution in [3.63, 3.8) is 0 Å². The molecule has 0 aromatic carbocycles. The Bertz CT molecular complexity index is 551. The predicted molar refractivity (Wildman–Crippen MR) is 74.7 cm³/mol. The van der Waals surface area contributed by atoms with Crippen molar-refractivity contribution >= 4 is 17.4 Å². The fourth-order valence-electron chi connectivity index (χ4n) is 2.39. The van der Waals surface area contributed by atoms with Crippen LogP contribution >= 0.6 is 0 Å². The molecule has 0 unspecified atom stereocenters. The van der Waals surface area contributed by atoms with E-state index in [0.29, 0.717) is 24.1 Å². The Balaban J connectivity index is 2.59. The molecule has 4 heteroatoms. The zero-order valence-electron chi connectivity index (χ0n) is 11.8. The number of allylic oxidation sites excluding steroid dienone is 5. The normalized spacial score (nSPS) is 19.8. The Morgan fingerprint density at radius 3 is 2.00 bits per heavy atom. The second-order valence-electron chi connectivity index (χ2n) is 4.72. The zero-order valence-corrected chi connectivity index (χ0v) is 11.8. The van der Waals surface area contributed by atoms with Gasteiger partial charge in [-0.25, -0.2) is 5.01 Å². The van der Waals surface area contributed by atoms with Gasteiger partial charge in [0.25, 0.3) is 5.91 Å². The Hall–Kier alpha value is -1.97. The highest BCUT2D eigenvalue weighted by Crippen LogP contribution is 2.28. The third kappa shape index (κ3) is 2.18. The molecule has 0 N–H and O–H groups in total. The molecule has 0 bridgehead atoms. The summed E-state index contributed by atoms with van der Waals surface area (Å²) in [7, 11) is 1.64. The van der Waals surface area contributed by atoms with Crippen LogP contribution in [0.5, 0.6) is 0 Å². The summed E-state index contributed by atoms with van der Waals surface area (Å²) >= 11 is 0. The smallest absolute Gasteiger partial charge is 0.276 e. The van der Waals surface area contributed by atoms with E-state index >= 15 is 0 Å². The molecule has 2 rings (SSSR count). The summed E-state index contributed by atoms with van der Waals surface area (Å²) in [6, 6.07) is 0. The molecule has 0 atom stereocenters. The average molecular weight is 258 g/mol. The van der Waals surface area contributed by atoms with Gasteiger partial charge in [-0.3, -0.25) is 9.59 Å². The molecule has 1 aliphatic carbocycles. The number of carbonyl (C=O) groups is 2. The second-order valence-corrected chi connectivity index (χ2v) is 4.72.